The summed E-state index contributed by atoms with van der Waals surface area (Å²) in [6, 6.07) is 9.62. The van der Waals surface area contributed by atoms with E-state index >= 15 is 0 Å². The summed E-state index contributed by atoms with van der Waals surface area (Å²) in [5.74, 6) is 0.976. The van der Waals surface area contributed by atoms with Gasteiger partial charge in [-0.25, -0.2) is 4.98 Å². The number of nitrogens with zero attached hydrogens (tertiary/aromatic N) is 3. The molecular weight excluding hydrogens is 326 g/mol. The van der Waals surface area contributed by atoms with Gasteiger partial charge in [-0.1, -0.05) is 19.9 Å². The molecule has 1 amide bonds. The van der Waals surface area contributed by atoms with Gasteiger partial charge >= 0.3 is 0 Å². The third kappa shape index (κ3) is 3.09. The van der Waals surface area contributed by atoms with Crippen molar-refractivity contribution < 1.29 is 9.21 Å². The Labute approximate surface area is 153 Å². The van der Waals surface area contributed by atoms with E-state index in [2.05, 4.69) is 16.0 Å². The Balaban J connectivity index is 1.65. The van der Waals surface area contributed by atoms with E-state index in [-0.39, 0.29) is 17.9 Å². The van der Waals surface area contributed by atoms with Crippen molar-refractivity contribution in [3.8, 4) is 0 Å². The largest absolute Gasteiger partial charge is 0.440 e. The van der Waals surface area contributed by atoms with Gasteiger partial charge in [0.05, 0.1) is 6.04 Å². The number of rotatable bonds is 3. The van der Waals surface area contributed by atoms with Crippen LogP contribution in [0.3, 0.4) is 0 Å². The number of hydrogen-bond acceptors (Lipinski definition) is 4. The number of carbonyl (C=O) groups is 1. The summed E-state index contributed by atoms with van der Waals surface area (Å²) in [7, 11) is 0. The Bertz CT molecular complexity index is 917. The Morgan fingerprint density at radius 2 is 2.15 bits per heavy atom. The summed E-state index contributed by atoms with van der Waals surface area (Å²) < 4.78 is 5.76. The minimum atomic E-state index is 0.0505. The van der Waals surface area contributed by atoms with E-state index in [1.807, 2.05) is 49.2 Å². The van der Waals surface area contributed by atoms with Crippen molar-refractivity contribution in [2.24, 2.45) is 0 Å². The second kappa shape index (κ2) is 6.90. The number of hydrogen-bond donors (Lipinski definition) is 0. The second-order valence-corrected chi connectivity index (χ2v) is 7.19. The maximum atomic E-state index is 13.2. The highest BCUT2D eigenvalue weighted by Gasteiger charge is 2.29. The maximum Gasteiger partial charge on any atom is 0.254 e. The molecule has 1 unspecified atom stereocenters. The van der Waals surface area contributed by atoms with Crippen LogP contribution in [0.15, 0.2) is 47.1 Å². The molecule has 0 aliphatic carbocycles. The summed E-state index contributed by atoms with van der Waals surface area (Å²) in [4.78, 5) is 23.9. The van der Waals surface area contributed by atoms with Gasteiger partial charge in [-0.3, -0.25) is 9.78 Å². The third-order valence-corrected chi connectivity index (χ3v) is 4.98. The number of fused-ring (bicyclic) bond motifs is 1. The summed E-state index contributed by atoms with van der Waals surface area (Å²) in [6.07, 6.45) is 6.77. The molecule has 0 radical (unpaired) electrons. The van der Waals surface area contributed by atoms with E-state index in [0.29, 0.717) is 11.5 Å². The zero-order valence-corrected chi connectivity index (χ0v) is 15.2. The topological polar surface area (TPSA) is 59.2 Å². The number of pyridine rings is 1. The number of oxazole rings is 1. The van der Waals surface area contributed by atoms with Crippen molar-refractivity contribution in [2.75, 3.05) is 6.54 Å². The molecule has 1 atom stereocenters. The molecule has 5 nitrogen and oxygen atoms in total. The molecular formula is C21H23N3O2. The Morgan fingerprint density at radius 1 is 1.27 bits per heavy atom. The van der Waals surface area contributed by atoms with Gasteiger partial charge in [-0.2, -0.15) is 0 Å². The number of benzene rings is 1. The van der Waals surface area contributed by atoms with Gasteiger partial charge in [0.25, 0.3) is 5.91 Å². The maximum absolute atomic E-state index is 13.2. The van der Waals surface area contributed by atoms with Crippen LogP contribution in [0.5, 0.6) is 0 Å². The van der Waals surface area contributed by atoms with Crippen LogP contribution >= 0.6 is 0 Å². The monoisotopic (exact) mass is 349 g/mol. The average Bonchev–Trinajstić information content (AvgIpc) is 3.12. The molecule has 1 aliphatic rings. The van der Waals surface area contributed by atoms with Crippen LogP contribution in [0.2, 0.25) is 0 Å². The first-order valence-corrected chi connectivity index (χ1v) is 9.25. The Kier molecular flexibility index (Phi) is 4.45. The van der Waals surface area contributed by atoms with Crippen LogP contribution in [0.4, 0.5) is 0 Å². The highest BCUT2D eigenvalue weighted by Crippen LogP contribution is 2.32. The second-order valence-electron chi connectivity index (χ2n) is 7.19. The highest BCUT2D eigenvalue weighted by molar-refractivity contribution is 5.97. The first kappa shape index (κ1) is 16.8. The first-order chi connectivity index (χ1) is 12.6. The van der Waals surface area contributed by atoms with Gasteiger partial charge in [0.2, 0.25) is 0 Å². The summed E-state index contributed by atoms with van der Waals surface area (Å²) in [6.45, 7) is 4.86. The molecule has 4 rings (SSSR count). The van der Waals surface area contributed by atoms with E-state index in [1.165, 1.54) is 0 Å². The van der Waals surface area contributed by atoms with E-state index in [4.69, 9.17) is 4.42 Å². The third-order valence-electron chi connectivity index (χ3n) is 4.98. The lowest BCUT2D eigenvalue weighted by Crippen LogP contribution is -2.38. The minimum absolute atomic E-state index is 0.0505. The van der Waals surface area contributed by atoms with Crippen LogP contribution in [-0.2, 0) is 0 Å². The van der Waals surface area contributed by atoms with Crippen LogP contribution in [0.1, 0.15) is 66.9 Å². The van der Waals surface area contributed by atoms with Crippen molar-refractivity contribution in [2.45, 2.75) is 45.1 Å². The Morgan fingerprint density at radius 3 is 2.92 bits per heavy atom. The lowest BCUT2D eigenvalue weighted by atomic mass is 9.95. The van der Waals surface area contributed by atoms with Crippen molar-refractivity contribution in [1.82, 2.24) is 14.9 Å². The van der Waals surface area contributed by atoms with Crippen molar-refractivity contribution in [3.05, 3.63) is 59.7 Å². The van der Waals surface area contributed by atoms with Gasteiger partial charge in [0.1, 0.15) is 5.52 Å². The van der Waals surface area contributed by atoms with E-state index in [0.717, 1.165) is 42.5 Å². The fraction of sp³-hybridized carbons (Fsp3) is 0.381. The molecule has 0 bridgehead atoms. The van der Waals surface area contributed by atoms with E-state index in [1.54, 1.807) is 6.20 Å². The zero-order chi connectivity index (χ0) is 18.1. The summed E-state index contributed by atoms with van der Waals surface area (Å²) in [5, 5.41) is 0. The molecule has 0 spiro atoms. The molecule has 134 valence electrons. The minimum Gasteiger partial charge on any atom is -0.440 e. The van der Waals surface area contributed by atoms with Crippen LogP contribution in [0.25, 0.3) is 11.1 Å². The van der Waals surface area contributed by atoms with Crippen molar-refractivity contribution >= 4 is 17.0 Å². The molecule has 1 fully saturated rings. The lowest BCUT2D eigenvalue weighted by molar-refractivity contribution is 0.0611. The van der Waals surface area contributed by atoms with Gasteiger partial charge in [-0.05, 0) is 49.1 Å². The van der Waals surface area contributed by atoms with Crippen molar-refractivity contribution in [3.63, 3.8) is 0 Å². The van der Waals surface area contributed by atoms with Gasteiger partial charge < -0.3 is 9.32 Å². The molecule has 3 aromatic rings. The molecule has 26 heavy (non-hydrogen) atoms. The molecule has 5 heteroatoms. The number of aromatic nitrogens is 2. The fourth-order valence-electron chi connectivity index (χ4n) is 3.59. The molecule has 2 aromatic heterocycles. The van der Waals surface area contributed by atoms with Crippen molar-refractivity contribution in [1.29, 1.82) is 0 Å². The van der Waals surface area contributed by atoms with E-state index in [9.17, 15) is 4.79 Å². The number of carbonyl (C=O) groups excluding carboxylic acids is 1. The lowest BCUT2D eigenvalue weighted by Gasteiger charge is -2.36. The molecule has 1 saturated heterocycles. The van der Waals surface area contributed by atoms with Gasteiger partial charge in [-0.15, -0.1) is 0 Å². The molecule has 0 N–H and O–H groups in total. The van der Waals surface area contributed by atoms with E-state index < -0.39 is 0 Å². The number of amides is 1. The first-order valence-electron chi connectivity index (χ1n) is 9.25. The fourth-order valence-corrected chi connectivity index (χ4v) is 3.59. The zero-order valence-electron chi connectivity index (χ0n) is 15.2. The smallest absolute Gasteiger partial charge is 0.254 e. The van der Waals surface area contributed by atoms with Gasteiger partial charge in [0, 0.05) is 30.4 Å². The molecule has 0 saturated carbocycles. The van der Waals surface area contributed by atoms with Crippen LogP contribution < -0.4 is 0 Å². The number of likely N-dealkylation sites (tertiary alicyclic amines) is 1. The predicted octanol–water partition coefficient (Wildman–Crippen LogP) is 4.71. The summed E-state index contributed by atoms with van der Waals surface area (Å²) in [5.41, 5.74) is 3.24. The molecule has 1 aliphatic heterocycles. The quantitative estimate of drug-likeness (QED) is 0.687. The SMILES string of the molecule is CC(C)c1nc2cc(C(=O)N3CCCCC3c3cccnc3)ccc2o1. The summed E-state index contributed by atoms with van der Waals surface area (Å²) >= 11 is 0. The molecule has 3 heterocycles. The van der Waals surface area contributed by atoms with Crippen LogP contribution in [0, 0.1) is 0 Å². The average molecular weight is 349 g/mol. The highest BCUT2D eigenvalue weighted by atomic mass is 16.3. The van der Waals surface area contributed by atoms with Gasteiger partial charge in [0.15, 0.2) is 11.5 Å². The normalized spacial score (nSPS) is 17.8. The van der Waals surface area contributed by atoms with Crippen LogP contribution in [-0.4, -0.2) is 27.3 Å². The predicted molar refractivity (Wildman–Crippen MR) is 100.0 cm³/mol. The Hall–Kier alpha value is -2.69. The molecule has 1 aromatic carbocycles. The standard InChI is InChI=1S/C21H23N3O2/c1-14(2)20-23-17-12-15(8-9-19(17)26-20)21(25)24-11-4-3-7-18(24)16-6-5-10-22-13-16/h5-6,8-10,12-14,18H,3-4,7,11H2,1-2H3. The number of piperidine rings is 1.